The van der Waals surface area contributed by atoms with E-state index < -0.39 is 11.9 Å². The van der Waals surface area contributed by atoms with Gasteiger partial charge in [-0.15, -0.1) is 0 Å². The molecule has 1 unspecified atom stereocenters. The summed E-state index contributed by atoms with van der Waals surface area (Å²) in [5.41, 5.74) is 9.44. The second kappa shape index (κ2) is 12.3. The van der Waals surface area contributed by atoms with Gasteiger partial charge >= 0.3 is 5.97 Å². The van der Waals surface area contributed by atoms with Crippen LogP contribution in [0.1, 0.15) is 28.2 Å². The van der Waals surface area contributed by atoms with Gasteiger partial charge in [-0.05, 0) is 41.5 Å². The molecule has 0 spiro atoms. The first kappa shape index (κ1) is 27.9. The summed E-state index contributed by atoms with van der Waals surface area (Å²) < 4.78 is 22.9. The maximum absolute atomic E-state index is 12.5. The van der Waals surface area contributed by atoms with Crippen molar-refractivity contribution in [3.05, 3.63) is 129 Å². The molecule has 9 heteroatoms. The van der Waals surface area contributed by atoms with Crippen molar-refractivity contribution >= 4 is 29.2 Å². The number of esters is 1. The van der Waals surface area contributed by atoms with Crippen LogP contribution in [0.2, 0.25) is 10.0 Å². The lowest BCUT2D eigenvalue weighted by atomic mass is 9.83. The predicted octanol–water partition coefficient (Wildman–Crippen LogP) is 6.95. The van der Waals surface area contributed by atoms with Crippen LogP contribution in [0.15, 0.2) is 96.4 Å². The summed E-state index contributed by atoms with van der Waals surface area (Å²) >= 11 is 12.3. The van der Waals surface area contributed by atoms with Gasteiger partial charge < -0.3 is 24.7 Å². The number of ether oxygens (including phenoxy) is 4. The van der Waals surface area contributed by atoms with Crippen LogP contribution in [0.25, 0.3) is 0 Å². The molecule has 1 aliphatic heterocycles. The molecule has 41 heavy (non-hydrogen) atoms. The number of carbonyl (C=O) groups excluding carboxylic acids is 1. The minimum atomic E-state index is -0.550. The summed E-state index contributed by atoms with van der Waals surface area (Å²) in [4.78, 5) is 12.5. The number of hydrogen-bond donors (Lipinski definition) is 1. The van der Waals surface area contributed by atoms with Crippen LogP contribution in [-0.4, -0.2) is 13.1 Å². The monoisotopic (exact) mass is 586 g/mol. The fourth-order valence-corrected chi connectivity index (χ4v) is 5.01. The third-order valence-electron chi connectivity index (χ3n) is 6.53. The Bertz CT molecular complexity index is 1680. The Balaban J connectivity index is 1.40. The van der Waals surface area contributed by atoms with Crippen LogP contribution < -0.4 is 24.7 Å². The van der Waals surface area contributed by atoms with Gasteiger partial charge in [0.2, 0.25) is 5.88 Å². The Morgan fingerprint density at radius 2 is 1.80 bits per heavy atom. The topological polar surface area (TPSA) is 104 Å². The number of methoxy groups -OCH3 is 1. The minimum absolute atomic E-state index is 0.0329. The van der Waals surface area contributed by atoms with Crippen LogP contribution in [0, 0.1) is 11.3 Å². The van der Waals surface area contributed by atoms with E-state index in [0.29, 0.717) is 38.6 Å². The van der Waals surface area contributed by atoms with E-state index in [1.807, 2.05) is 36.4 Å². The van der Waals surface area contributed by atoms with E-state index >= 15 is 0 Å². The summed E-state index contributed by atoms with van der Waals surface area (Å²) in [6, 6.07) is 27.1. The molecular weight excluding hydrogens is 563 g/mol. The van der Waals surface area contributed by atoms with Gasteiger partial charge in [0, 0.05) is 27.2 Å². The minimum Gasteiger partial charge on any atom is -0.493 e. The fraction of sp³-hybridized carbons (Fsp3) is 0.125. The number of benzene rings is 4. The molecule has 0 bridgehead atoms. The third kappa shape index (κ3) is 6.25. The zero-order valence-corrected chi connectivity index (χ0v) is 23.4. The van der Waals surface area contributed by atoms with E-state index in [1.54, 1.807) is 48.5 Å². The van der Waals surface area contributed by atoms with Crippen LogP contribution >= 0.6 is 23.2 Å². The highest BCUT2D eigenvalue weighted by atomic mass is 35.5. The van der Waals surface area contributed by atoms with Gasteiger partial charge in [-0.3, -0.25) is 4.79 Å². The van der Waals surface area contributed by atoms with E-state index in [2.05, 4.69) is 6.07 Å². The second-order valence-corrected chi connectivity index (χ2v) is 10.0. The maximum atomic E-state index is 12.5. The fourth-order valence-electron chi connectivity index (χ4n) is 4.55. The average molecular weight is 587 g/mol. The first-order valence-corrected chi connectivity index (χ1v) is 13.3. The van der Waals surface area contributed by atoms with Crippen LogP contribution in [0.4, 0.5) is 0 Å². The third-order valence-corrected chi connectivity index (χ3v) is 7.12. The van der Waals surface area contributed by atoms with Crippen molar-refractivity contribution in [3.8, 4) is 29.1 Å². The Kier molecular flexibility index (Phi) is 8.34. The first-order valence-electron chi connectivity index (χ1n) is 12.6. The van der Waals surface area contributed by atoms with E-state index in [1.165, 1.54) is 7.11 Å². The number of nitriles is 1. The van der Waals surface area contributed by atoms with Gasteiger partial charge in [0.05, 0.1) is 19.4 Å². The number of rotatable bonds is 8. The zero-order valence-electron chi connectivity index (χ0n) is 21.9. The van der Waals surface area contributed by atoms with Crippen molar-refractivity contribution in [1.82, 2.24) is 0 Å². The van der Waals surface area contributed by atoms with Gasteiger partial charge in [0.1, 0.15) is 29.7 Å². The number of allylic oxidation sites excluding steroid dienone is 1. The van der Waals surface area contributed by atoms with Crippen molar-refractivity contribution in [2.24, 2.45) is 5.73 Å². The van der Waals surface area contributed by atoms with Gasteiger partial charge in [0.15, 0.2) is 11.5 Å². The van der Waals surface area contributed by atoms with Gasteiger partial charge in [-0.2, -0.15) is 5.26 Å². The summed E-state index contributed by atoms with van der Waals surface area (Å²) in [6.45, 7) is 0.202. The lowest BCUT2D eigenvalue weighted by molar-refractivity contribution is -0.133. The quantitative estimate of drug-likeness (QED) is 0.176. The molecule has 4 aromatic carbocycles. The smallest absolute Gasteiger partial charge is 0.315 e. The van der Waals surface area contributed by atoms with E-state index in [-0.39, 0.29) is 24.5 Å². The van der Waals surface area contributed by atoms with E-state index in [4.69, 9.17) is 47.9 Å². The Morgan fingerprint density at radius 1 is 1.00 bits per heavy atom. The van der Waals surface area contributed by atoms with Crippen LogP contribution in [0.5, 0.6) is 23.0 Å². The molecule has 2 N–H and O–H groups in total. The molecular formula is C32H24Cl2N2O5. The Labute approximate surface area is 247 Å². The number of nitrogens with two attached hydrogens (primary N) is 1. The number of hydrogen-bond acceptors (Lipinski definition) is 7. The lowest BCUT2D eigenvalue weighted by Gasteiger charge is -2.27. The molecule has 0 aromatic heterocycles. The van der Waals surface area contributed by atoms with Crippen molar-refractivity contribution in [1.29, 1.82) is 5.26 Å². The Hall–Kier alpha value is -4.64. The number of carbonyl (C=O) groups is 1. The molecule has 206 valence electrons. The molecule has 1 heterocycles. The largest absolute Gasteiger partial charge is 0.493 e. The standard InChI is InChI=1S/C32H24Cl2N2O5/c1-38-29-14-20(8-12-27(29)39-18-21-7-9-22(33)15-26(21)34)31-24-11-10-23(16-28(24)41-32(36)25(31)17-35)40-30(37)13-19-5-3-2-4-6-19/h2-12,14-16,31H,13,18,36H2,1H3. The molecule has 4 aromatic rings. The summed E-state index contributed by atoms with van der Waals surface area (Å²) in [6.07, 6.45) is 0.125. The number of halogens is 2. The number of nitrogens with zero attached hydrogens (tertiary/aromatic N) is 1. The van der Waals surface area contributed by atoms with Crippen LogP contribution in [-0.2, 0) is 17.8 Å². The highest BCUT2D eigenvalue weighted by Gasteiger charge is 2.32. The summed E-state index contributed by atoms with van der Waals surface area (Å²) in [7, 11) is 1.53. The molecule has 1 aliphatic rings. The van der Waals surface area contributed by atoms with Crippen molar-refractivity contribution in [2.45, 2.75) is 18.9 Å². The molecule has 0 aliphatic carbocycles. The first-order chi connectivity index (χ1) is 19.9. The highest BCUT2D eigenvalue weighted by Crippen LogP contribution is 2.45. The highest BCUT2D eigenvalue weighted by molar-refractivity contribution is 6.35. The van der Waals surface area contributed by atoms with Crippen molar-refractivity contribution in [2.75, 3.05) is 7.11 Å². The summed E-state index contributed by atoms with van der Waals surface area (Å²) in [5, 5.41) is 11.0. The SMILES string of the molecule is COc1cc(C2C(C#N)=C(N)Oc3cc(OC(=O)Cc4ccccc4)ccc32)ccc1OCc1ccc(Cl)cc1Cl. The van der Waals surface area contributed by atoms with Crippen molar-refractivity contribution in [3.63, 3.8) is 0 Å². The van der Waals surface area contributed by atoms with Gasteiger partial charge in [0.25, 0.3) is 0 Å². The zero-order chi connectivity index (χ0) is 28.9. The lowest BCUT2D eigenvalue weighted by Crippen LogP contribution is -2.21. The van der Waals surface area contributed by atoms with E-state index in [9.17, 15) is 10.1 Å². The molecule has 0 fully saturated rings. The van der Waals surface area contributed by atoms with Crippen LogP contribution in [0.3, 0.4) is 0 Å². The molecule has 0 radical (unpaired) electrons. The average Bonchev–Trinajstić information content (AvgIpc) is 2.96. The normalized spacial score (nSPS) is 14.0. The predicted molar refractivity (Wildman–Crippen MR) is 155 cm³/mol. The molecule has 5 rings (SSSR count). The molecule has 7 nitrogen and oxygen atoms in total. The number of fused-ring (bicyclic) bond motifs is 1. The summed E-state index contributed by atoms with van der Waals surface area (Å²) in [5.74, 6) is 0.645. The molecule has 0 saturated heterocycles. The Morgan fingerprint density at radius 3 is 2.54 bits per heavy atom. The van der Waals surface area contributed by atoms with Crippen molar-refractivity contribution < 1.29 is 23.7 Å². The second-order valence-electron chi connectivity index (χ2n) is 9.20. The van der Waals surface area contributed by atoms with Gasteiger partial charge in [-0.25, -0.2) is 0 Å². The molecule has 0 amide bonds. The molecule has 1 atom stereocenters. The van der Waals surface area contributed by atoms with Gasteiger partial charge in [-0.1, -0.05) is 71.7 Å². The maximum Gasteiger partial charge on any atom is 0.315 e. The molecule has 0 saturated carbocycles. The van der Waals surface area contributed by atoms with E-state index in [0.717, 1.165) is 16.7 Å².